The quantitative estimate of drug-likeness (QED) is 0.434. The lowest BCUT2D eigenvalue weighted by Gasteiger charge is -2.33. The first-order valence-corrected chi connectivity index (χ1v) is 9.47. The lowest BCUT2D eigenvalue weighted by molar-refractivity contribution is -0.206. The summed E-state index contributed by atoms with van der Waals surface area (Å²) in [5.74, 6) is -3.40. The highest BCUT2D eigenvalue weighted by Gasteiger charge is 2.54. The molecule has 2 saturated heterocycles. The number of fused-ring (bicyclic) bond motifs is 3. The third-order valence-electron chi connectivity index (χ3n) is 6.02. The van der Waals surface area contributed by atoms with E-state index in [1.807, 2.05) is 13.8 Å². The number of carbonyl (C=O) groups excluding carboxylic acids is 2. The van der Waals surface area contributed by atoms with Crippen LogP contribution < -0.4 is 0 Å². The maximum atomic E-state index is 12.5. The van der Waals surface area contributed by atoms with Crippen LogP contribution in [0.4, 0.5) is 0 Å². The van der Waals surface area contributed by atoms with E-state index in [-0.39, 0.29) is 23.0 Å². The maximum Gasteiger partial charge on any atom is 0.334 e. The van der Waals surface area contributed by atoms with Crippen LogP contribution in [0.15, 0.2) is 23.8 Å². The molecule has 3 aliphatic rings. The highest BCUT2D eigenvalue weighted by Crippen LogP contribution is 2.47. The molecule has 3 heterocycles. The number of hydrogen-bond acceptors (Lipinski definition) is 7. The van der Waals surface area contributed by atoms with E-state index in [1.165, 1.54) is 6.08 Å². The summed E-state index contributed by atoms with van der Waals surface area (Å²) in [5.41, 5.74) is -0.300. The molecule has 0 aromatic carbocycles. The Morgan fingerprint density at radius 3 is 2.81 bits per heavy atom. The van der Waals surface area contributed by atoms with E-state index in [4.69, 9.17) is 14.2 Å². The van der Waals surface area contributed by atoms with Crippen molar-refractivity contribution >= 4 is 11.9 Å². The van der Waals surface area contributed by atoms with Gasteiger partial charge in [-0.2, -0.15) is 0 Å². The predicted molar refractivity (Wildman–Crippen MR) is 95.3 cm³/mol. The van der Waals surface area contributed by atoms with Crippen LogP contribution in [0.25, 0.3) is 0 Å². The molecule has 6 atom stereocenters. The van der Waals surface area contributed by atoms with Gasteiger partial charge in [0.1, 0.15) is 12.2 Å². The molecule has 3 rings (SSSR count). The van der Waals surface area contributed by atoms with Gasteiger partial charge in [-0.05, 0) is 25.8 Å². The van der Waals surface area contributed by atoms with Gasteiger partial charge in [0.05, 0.1) is 24.0 Å². The molecule has 1 unspecified atom stereocenters. The molecule has 2 bridgehead atoms. The van der Waals surface area contributed by atoms with Crippen molar-refractivity contribution in [3.8, 4) is 0 Å². The molecular weight excluding hydrogens is 352 g/mol. The molecule has 0 radical (unpaired) electrons. The molecule has 2 fully saturated rings. The molecule has 0 aromatic heterocycles. The van der Waals surface area contributed by atoms with E-state index in [0.29, 0.717) is 25.7 Å². The Bertz CT molecular complexity index is 684. The van der Waals surface area contributed by atoms with Crippen molar-refractivity contribution in [1.29, 1.82) is 0 Å². The largest absolute Gasteiger partial charge is 0.461 e. The Morgan fingerprint density at radius 1 is 1.48 bits per heavy atom. The van der Waals surface area contributed by atoms with E-state index in [2.05, 4.69) is 6.58 Å². The summed E-state index contributed by atoms with van der Waals surface area (Å²) >= 11 is 0. The van der Waals surface area contributed by atoms with Gasteiger partial charge >= 0.3 is 11.9 Å². The van der Waals surface area contributed by atoms with Crippen LogP contribution in [0.5, 0.6) is 0 Å². The van der Waals surface area contributed by atoms with E-state index in [0.717, 1.165) is 0 Å². The summed E-state index contributed by atoms with van der Waals surface area (Å²) in [7, 11) is 0. The summed E-state index contributed by atoms with van der Waals surface area (Å²) < 4.78 is 17.2. The van der Waals surface area contributed by atoms with Crippen LogP contribution in [0.3, 0.4) is 0 Å². The average Bonchev–Trinajstić information content (AvgIpc) is 3.08. The zero-order valence-corrected chi connectivity index (χ0v) is 16.1. The number of aliphatic hydroxyl groups excluding tert-OH is 1. The number of rotatable bonds is 4. The molecule has 0 saturated carbocycles. The summed E-state index contributed by atoms with van der Waals surface area (Å²) in [6.07, 6.45) is 1.81. The first kappa shape index (κ1) is 20.0. The first-order valence-electron chi connectivity index (χ1n) is 9.47. The highest BCUT2D eigenvalue weighted by atomic mass is 16.6. The first-order chi connectivity index (χ1) is 12.6. The summed E-state index contributed by atoms with van der Waals surface area (Å²) in [6, 6.07) is 0. The van der Waals surface area contributed by atoms with Gasteiger partial charge in [-0.3, -0.25) is 4.79 Å². The summed E-state index contributed by atoms with van der Waals surface area (Å²) in [6.45, 7) is 8.93. The molecule has 27 heavy (non-hydrogen) atoms. The van der Waals surface area contributed by atoms with Gasteiger partial charge in [-0.1, -0.05) is 20.4 Å². The number of aliphatic hydroxyl groups is 2. The fourth-order valence-corrected chi connectivity index (χ4v) is 4.10. The van der Waals surface area contributed by atoms with Gasteiger partial charge in [0, 0.05) is 24.0 Å². The minimum Gasteiger partial charge on any atom is -0.461 e. The number of hydrogen-bond donors (Lipinski definition) is 2. The van der Waals surface area contributed by atoms with Crippen molar-refractivity contribution in [2.24, 2.45) is 11.8 Å². The van der Waals surface area contributed by atoms with Crippen molar-refractivity contribution in [3.05, 3.63) is 23.8 Å². The minimum absolute atomic E-state index is 0.226. The fourth-order valence-electron chi connectivity index (χ4n) is 4.10. The summed E-state index contributed by atoms with van der Waals surface area (Å²) in [5, 5.41) is 20.7. The number of carbonyl (C=O) groups is 2. The zero-order valence-electron chi connectivity index (χ0n) is 16.1. The second-order valence-electron chi connectivity index (χ2n) is 8.10. The maximum absolute atomic E-state index is 12.5. The summed E-state index contributed by atoms with van der Waals surface area (Å²) in [4.78, 5) is 24.6. The minimum atomic E-state index is -1.63. The van der Waals surface area contributed by atoms with Gasteiger partial charge in [0.2, 0.25) is 0 Å². The molecule has 0 amide bonds. The van der Waals surface area contributed by atoms with E-state index in [1.54, 1.807) is 6.92 Å². The van der Waals surface area contributed by atoms with Crippen molar-refractivity contribution in [2.45, 2.75) is 70.1 Å². The Morgan fingerprint density at radius 2 is 2.19 bits per heavy atom. The lowest BCUT2D eigenvalue weighted by Crippen LogP contribution is -2.41. The SMILES string of the molecule is C=C1C(=O)O[C@H]2C=C(CO)[C@]3(O)CC[C@@](C)(C[C@@H](OC(=O)C(C)CC)[C@@H]12)O3. The third-order valence-corrected chi connectivity index (χ3v) is 6.02. The molecule has 0 spiro atoms. The second kappa shape index (κ2) is 7.04. The third kappa shape index (κ3) is 3.56. The van der Waals surface area contributed by atoms with Gasteiger partial charge in [-0.15, -0.1) is 0 Å². The number of esters is 2. The van der Waals surface area contributed by atoms with Gasteiger partial charge in [-0.25, -0.2) is 4.79 Å². The Labute approximate surface area is 159 Å². The van der Waals surface area contributed by atoms with Crippen LogP contribution in [0.2, 0.25) is 0 Å². The second-order valence-corrected chi connectivity index (χ2v) is 8.10. The molecule has 7 heteroatoms. The Kier molecular flexibility index (Phi) is 5.22. The average molecular weight is 380 g/mol. The Balaban J connectivity index is 2.03. The lowest BCUT2D eigenvalue weighted by atomic mass is 9.81. The molecule has 0 aromatic rings. The molecule has 150 valence electrons. The smallest absolute Gasteiger partial charge is 0.334 e. The van der Waals surface area contributed by atoms with E-state index in [9.17, 15) is 19.8 Å². The monoisotopic (exact) mass is 380 g/mol. The van der Waals surface area contributed by atoms with Gasteiger partial charge < -0.3 is 24.4 Å². The molecule has 3 aliphatic heterocycles. The van der Waals surface area contributed by atoms with Crippen molar-refractivity contribution in [3.63, 3.8) is 0 Å². The molecule has 2 N–H and O–H groups in total. The Hall–Kier alpha value is -1.70. The predicted octanol–water partition coefficient (Wildman–Crippen LogP) is 1.62. The van der Waals surface area contributed by atoms with E-state index >= 15 is 0 Å². The van der Waals surface area contributed by atoms with E-state index < -0.39 is 42.1 Å². The van der Waals surface area contributed by atoms with Gasteiger partial charge in [0.25, 0.3) is 0 Å². The van der Waals surface area contributed by atoms with Crippen LogP contribution >= 0.6 is 0 Å². The zero-order chi connectivity index (χ0) is 20.0. The van der Waals surface area contributed by atoms with Crippen LogP contribution in [-0.2, 0) is 23.8 Å². The molecule has 0 aliphatic carbocycles. The van der Waals surface area contributed by atoms with Crippen LogP contribution in [0, 0.1) is 11.8 Å². The number of ether oxygens (including phenoxy) is 3. The molecular formula is C20H28O7. The van der Waals surface area contributed by atoms with Crippen LogP contribution in [0.1, 0.15) is 46.5 Å². The highest BCUT2D eigenvalue weighted by molar-refractivity contribution is 5.91. The van der Waals surface area contributed by atoms with Gasteiger partial charge in [0.15, 0.2) is 5.79 Å². The fraction of sp³-hybridized carbons (Fsp3) is 0.700. The van der Waals surface area contributed by atoms with Crippen molar-refractivity contribution in [1.82, 2.24) is 0 Å². The normalized spacial score (nSPS) is 39.6. The standard InChI is InChI=1S/C20H28O7/c1-5-11(2)17(22)26-15-9-19(4)6-7-20(24,27-19)13(10-21)8-14-16(15)12(3)18(23)25-14/h8,11,14-16,21,24H,3,5-7,9-10H2,1-2,4H3/t11?,14-,15+,16-,19-,20-/m0/s1. The molecule has 7 nitrogen and oxygen atoms in total. The van der Waals surface area contributed by atoms with Crippen molar-refractivity contribution in [2.75, 3.05) is 6.61 Å². The van der Waals surface area contributed by atoms with Crippen LogP contribution in [-0.4, -0.2) is 52.4 Å². The topological polar surface area (TPSA) is 102 Å². The van der Waals surface area contributed by atoms with Crippen molar-refractivity contribution < 1.29 is 34.0 Å².